The van der Waals surface area contributed by atoms with Gasteiger partial charge in [-0.1, -0.05) is 145 Å². The number of quaternary nitrogens is 1. The number of amides is 1. The highest BCUT2D eigenvalue weighted by atomic mass is 31.2. The van der Waals surface area contributed by atoms with Crippen molar-refractivity contribution in [2.75, 3.05) is 40.9 Å². The van der Waals surface area contributed by atoms with Crippen LogP contribution in [-0.2, 0) is 18.4 Å². The molecule has 3 unspecified atom stereocenters. The van der Waals surface area contributed by atoms with Crippen LogP contribution in [0.25, 0.3) is 0 Å². The topological polar surface area (TPSA) is 105 Å². The summed E-state index contributed by atoms with van der Waals surface area (Å²) in [7, 11) is 1.54. The van der Waals surface area contributed by atoms with E-state index in [4.69, 9.17) is 9.05 Å². The third kappa shape index (κ3) is 36.4. The molecule has 0 aliphatic heterocycles. The van der Waals surface area contributed by atoms with Crippen LogP contribution in [0, 0.1) is 0 Å². The first-order chi connectivity index (χ1) is 24.5. The number of aliphatic hydroxyl groups excluding tert-OH is 1. The summed E-state index contributed by atoms with van der Waals surface area (Å²) in [5.74, 6) is -0.205. The molecule has 0 aliphatic carbocycles. The Kier molecular flexibility index (Phi) is 32.8. The van der Waals surface area contributed by atoms with E-state index in [0.717, 1.165) is 77.0 Å². The molecule has 0 aromatic carbocycles. The van der Waals surface area contributed by atoms with Gasteiger partial charge in [0, 0.05) is 6.42 Å². The molecule has 0 bridgehead atoms. The van der Waals surface area contributed by atoms with Crippen LogP contribution in [0.2, 0.25) is 0 Å². The predicted octanol–water partition coefficient (Wildman–Crippen LogP) is 10.7. The molecular formula is C42H78N2O6P+. The number of phosphoric acid groups is 1. The maximum absolute atomic E-state index is 12.8. The van der Waals surface area contributed by atoms with Gasteiger partial charge in [-0.3, -0.25) is 13.8 Å². The molecule has 0 aromatic rings. The lowest BCUT2D eigenvalue weighted by Gasteiger charge is -2.25. The highest BCUT2D eigenvalue weighted by Gasteiger charge is 2.27. The van der Waals surface area contributed by atoms with Crippen LogP contribution in [0.3, 0.4) is 0 Å². The van der Waals surface area contributed by atoms with Crippen molar-refractivity contribution in [1.29, 1.82) is 0 Å². The minimum atomic E-state index is -4.34. The number of carbonyl (C=O) groups excluding carboxylic acids is 1. The van der Waals surface area contributed by atoms with Crippen LogP contribution in [0.5, 0.6) is 0 Å². The van der Waals surface area contributed by atoms with E-state index in [9.17, 15) is 19.4 Å². The summed E-state index contributed by atoms with van der Waals surface area (Å²) in [6.07, 6.45) is 42.8. The summed E-state index contributed by atoms with van der Waals surface area (Å²) in [6, 6.07) is -0.859. The van der Waals surface area contributed by atoms with Gasteiger partial charge in [-0.05, 0) is 57.8 Å². The van der Waals surface area contributed by atoms with Crippen molar-refractivity contribution < 1.29 is 32.9 Å². The minimum absolute atomic E-state index is 0.0535. The van der Waals surface area contributed by atoms with Crippen LogP contribution in [0.4, 0.5) is 0 Å². The van der Waals surface area contributed by atoms with Crippen LogP contribution < -0.4 is 5.32 Å². The van der Waals surface area contributed by atoms with Gasteiger partial charge < -0.3 is 19.8 Å². The zero-order chi connectivity index (χ0) is 37.9. The normalized spacial score (nSPS) is 15.2. The highest BCUT2D eigenvalue weighted by molar-refractivity contribution is 7.47. The second-order valence-corrected chi connectivity index (χ2v) is 16.1. The molecule has 0 fully saturated rings. The Bertz CT molecular complexity index is 1020. The van der Waals surface area contributed by atoms with E-state index in [1.54, 1.807) is 6.08 Å². The van der Waals surface area contributed by atoms with Gasteiger partial charge in [-0.2, -0.15) is 0 Å². The van der Waals surface area contributed by atoms with Crippen molar-refractivity contribution in [2.24, 2.45) is 0 Å². The van der Waals surface area contributed by atoms with Gasteiger partial charge in [0.15, 0.2) is 0 Å². The number of nitrogens with one attached hydrogen (secondary N) is 1. The van der Waals surface area contributed by atoms with Gasteiger partial charge in [-0.25, -0.2) is 4.57 Å². The number of rotatable bonds is 35. The molecule has 51 heavy (non-hydrogen) atoms. The number of hydrogen-bond donors (Lipinski definition) is 3. The molecule has 0 radical (unpaired) electrons. The van der Waals surface area contributed by atoms with Crippen LogP contribution in [-0.4, -0.2) is 73.4 Å². The van der Waals surface area contributed by atoms with Crippen LogP contribution >= 0.6 is 7.82 Å². The average molecular weight is 738 g/mol. The SMILES string of the molecule is CC/C=C\C/C=C\C/C=C\C/C=C\CCCCCCC(=O)NC(COP(=O)(O)OCC[N+](C)(C)C)C(O)/C=C/CCCCCCCCCCCC. The molecule has 0 aromatic heterocycles. The molecule has 0 aliphatic rings. The number of unbranched alkanes of at least 4 members (excludes halogenated alkanes) is 14. The van der Waals surface area contributed by atoms with Crippen molar-refractivity contribution >= 4 is 13.7 Å². The fourth-order valence-corrected chi connectivity index (χ4v) is 6.00. The van der Waals surface area contributed by atoms with Crippen LogP contribution in [0.1, 0.15) is 149 Å². The van der Waals surface area contributed by atoms with E-state index in [1.165, 1.54) is 51.4 Å². The minimum Gasteiger partial charge on any atom is -0.387 e. The second kappa shape index (κ2) is 34.0. The molecule has 0 heterocycles. The molecule has 0 saturated carbocycles. The van der Waals surface area contributed by atoms with E-state index in [1.807, 2.05) is 27.2 Å². The number of hydrogen-bond acceptors (Lipinski definition) is 5. The average Bonchev–Trinajstić information content (AvgIpc) is 3.07. The van der Waals surface area contributed by atoms with Gasteiger partial charge in [0.05, 0.1) is 39.9 Å². The molecule has 3 atom stereocenters. The van der Waals surface area contributed by atoms with Gasteiger partial charge in [0.2, 0.25) is 5.91 Å². The molecule has 8 nitrogen and oxygen atoms in total. The lowest BCUT2D eigenvalue weighted by atomic mass is 10.1. The number of nitrogens with zero attached hydrogens (tertiary/aromatic N) is 1. The van der Waals surface area contributed by atoms with Crippen molar-refractivity contribution in [3.8, 4) is 0 Å². The van der Waals surface area contributed by atoms with Gasteiger partial charge >= 0.3 is 7.82 Å². The molecule has 9 heteroatoms. The summed E-state index contributed by atoms with van der Waals surface area (Å²) in [5.41, 5.74) is 0. The van der Waals surface area contributed by atoms with E-state index >= 15 is 0 Å². The summed E-state index contributed by atoms with van der Waals surface area (Å²) >= 11 is 0. The van der Waals surface area contributed by atoms with E-state index < -0.39 is 20.0 Å². The third-order valence-corrected chi connectivity index (χ3v) is 9.48. The Morgan fingerprint density at radius 3 is 1.73 bits per heavy atom. The maximum atomic E-state index is 12.8. The highest BCUT2D eigenvalue weighted by Crippen LogP contribution is 2.43. The summed E-state index contributed by atoms with van der Waals surface area (Å²) in [6.45, 7) is 4.64. The quantitative estimate of drug-likeness (QED) is 0.0259. The molecule has 3 N–H and O–H groups in total. The van der Waals surface area contributed by atoms with E-state index in [0.29, 0.717) is 17.4 Å². The largest absolute Gasteiger partial charge is 0.472 e. The number of phosphoric ester groups is 1. The molecule has 296 valence electrons. The molecule has 0 saturated heterocycles. The fourth-order valence-electron chi connectivity index (χ4n) is 5.26. The summed E-state index contributed by atoms with van der Waals surface area (Å²) in [5, 5.41) is 13.7. The Labute approximate surface area is 313 Å². The lowest BCUT2D eigenvalue weighted by Crippen LogP contribution is -2.45. The zero-order valence-corrected chi connectivity index (χ0v) is 34.2. The molecule has 1 amide bonds. The Morgan fingerprint density at radius 1 is 0.686 bits per heavy atom. The standard InChI is InChI=1S/C42H77N2O6P/c1-6-8-10-12-14-16-18-20-21-22-23-24-26-28-30-32-34-36-42(46)43-40(39-50-51(47,48)49-38-37-44(3,4)5)41(45)35-33-31-29-27-25-19-17-15-13-11-9-7-2/h8,10,14,16,20-21,23-24,33,35,40-41,45H,6-7,9,11-13,15,17-19,22,25-32,34,36-39H2,1-5H3,(H-,43,46,47,48)/p+1/b10-8-,16-14-,21-20-,24-23-,35-33+. The Hall–Kier alpha value is -1.80. The van der Waals surface area contributed by atoms with Gasteiger partial charge in [-0.15, -0.1) is 0 Å². The molecule has 0 rings (SSSR count). The smallest absolute Gasteiger partial charge is 0.387 e. The fraction of sp³-hybridized carbons (Fsp3) is 0.738. The first-order valence-electron chi connectivity index (χ1n) is 20.2. The van der Waals surface area contributed by atoms with E-state index in [2.05, 4.69) is 67.8 Å². The van der Waals surface area contributed by atoms with Crippen molar-refractivity contribution in [2.45, 2.75) is 161 Å². The van der Waals surface area contributed by atoms with Crippen molar-refractivity contribution in [1.82, 2.24) is 5.32 Å². The Morgan fingerprint density at radius 2 is 1.18 bits per heavy atom. The Balaban J connectivity index is 4.55. The molecular weight excluding hydrogens is 659 g/mol. The predicted molar refractivity (Wildman–Crippen MR) is 217 cm³/mol. The first kappa shape index (κ1) is 49.2. The van der Waals surface area contributed by atoms with Crippen molar-refractivity contribution in [3.63, 3.8) is 0 Å². The number of likely N-dealkylation sites (N-methyl/N-ethyl adjacent to an activating group) is 1. The maximum Gasteiger partial charge on any atom is 0.472 e. The second-order valence-electron chi connectivity index (χ2n) is 14.6. The zero-order valence-electron chi connectivity index (χ0n) is 33.3. The monoisotopic (exact) mass is 738 g/mol. The van der Waals surface area contributed by atoms with Crippen molar-refractivity contribution in [3.05, 3.63) is 60.8 Å². The van der Waals surface area contributed by atoms with Gasteiger partial charge in [0.25, 0.3) is 0 Å². The number of aliphatic hydroxyl groups is 1. The van der Waals surface area contributed by atoms with Gasteiger partial charge in [0.1, 0.15) is 13.2 Å². The number of allylic oxidation sites excluding steroid dienone is 9. The number of carbonyl (C=O) groups is 1. The first-order valence-corrected chi connectivity index (χ1v) is 21.7. The molecule has 0 spiro atoms. The summed E-state index contributed by atoms with van der Waals surface area (Å²) < 4.78 is 23.5. The third-order valence-electron chi connectivity index (χ3n) is 8.49. The lowest BCUT2D eigenvalue weighted by molar-refractivity contribution is -0.870. The summed E-state index contributed by atoms with van der Waals surface area (Å²) in [4.78, 5) is 23.0. The van der Waals surface area contributed by atoms with E-state index in [-0.39, 0.29) is 19.1 Å². The van der Waals surface area contributed by atoms with Crippen LogP contribution in [0.15, 0.2) is 60.8 Å².